The number of anilines is 1. The summed E-state index contributed by atoms with van der Waals surface area (Å²) in [5.74, 6) is -0.0445. The normalized spacial score (nSPS) is 11.0. The average molecular weight is 400 g/mol. The Morgan fingerprint density at radius 3 is 2.17 bits per heavy atom. The van der Waals surface area contributed by atoms with Crippen LogP contribution >= 0.6 is 0 Å². The SMILES string of the molecule is COc1ccc(C=C(NC(=O)c2cccc(C)c2)C(=O)Nc2cccc(C)c2)cc1. The Hall–Kier alpha value is -3.86. The molecule has 0 saturated heterocycles. The largest absolute Gasteiger partial charge is 0.497 e. The van der Waals surface area contributed by atoms with Crippen LogP contribution in [0.1, 0.15) is 27.0 Å². The molecule has 0 unspecified atom stereocenters. The first-order valence-electron chi connectivity index (χ1n) is 9.56. The van der Waals surface area contributed by atoms with E-state index in [0.29, 0.717) is 17.0 Å². The third-order valence-corrected chi connectivity index (χ3v) is 4.48. The van der Waals surface area contributed by atoms with Gasteiger partial charge in [-0.1, -0.05) is 42.0 Å². The number of aryl methyl sites for hydroxylation is 2. The number of hydrogen-bond donors (Lipinski definition) is 2. The molecule has 0 heterocycles. The second-order valence-electron chi connectivity index (χ2n) is 6.98. The monoisotopic (exact) mass is 400 g/mol. The molecule has 0 saturated carbocycles. The highest BCUT2D eigenvalue weighted by molar-refractivity contribution is 6.10. The summed E-state index contributed by atoms with van der Waals surface area (Å²) in [7, 11) is 1.59. The molecular weight excluding hydrogens is 376 g/mol. The number of ether oxygens (including phenoxy) is 1. The average Bonchev–Trinajstić information content (AvgIpc) is 2.73. The van der Waals surface area contributed by atoms with E-state index in [2.05, 4.69) is 10.6 Å². The predicted octanol–water partition coefficient (Wildman–Crippen LogP) is 4.72. The first-order chi connectivity index (χ1) is 14.4. The van der Waals surface area contributed by atoms with Crippen LogP contribution in [0.25, 0.3) is 6.08 Å². The molecule has 0 atom stereocenters. The molecule has 152 valence electrons. The summed E-state index contributed by atoms with van der Waals surface area (Å²) in [6.45, 7) is 3.86. The van der Waals surface area contributed by atoms with Crippen LogP contribution < -0.4 is 15.4 Å². The number of rotatable bonds is 6. The molecule has 5 heteroatoms. The fraction of sp³-hybridized carbons (Fsp3) is 0.120. The Morgan fingerprint density at radius 1 is 0.867 bits per heavy atom. The topological polar surface area (TPSA) is 67.4 Å². The van der Waals surface area contributed by atoms with Crippen molar-refractivity contribution in [2.24, 2.45) is 0 Å². The molecule has 5 nitrogen and oxygen atoms in total. The molecule has 3 aromatic rings. The van der Waals surface area contributed by atoms with Crippen molar-refractivity contribution in [3.63, 3.8) is 0 Å². The zero-order valence-electron chi connectivity index (χ0n) is 17.2. The molecule has 0 aliphatic rings. The number of benzene rings is 3. The molecule has 0 spiro atoms. The first kappa shape index (κ1) is 20.9. The van der Waals surface area contributed by atoms with Gasteiger partial charge in [0.2, 0.25) is 0 Å². The van der Waals surface area contributed by atoms with Gasteiger partial charge in [-0.05, 0) is 67.4 Å². The number of carbonyl (C=O) groups excluding carboxylic acids is 2. The van der Waals surface area contributed by atoms with E-state index in [9.17, 15) is 9.59 Å². The van der Waals surface area contributed by atoms with Gasteiger partial charge in [0, 0.05) is 11.3 Å². The highest BCUT2D eigenvalue weighted by atomic mass is 16.5. The zero-order valence-corrected chi connectivity index (χ0v) is 17.2. The van der Waals surface area contributed by atoms with Crippen LogP contribution in [0.2, 0.25) is 0 Å². The van der Waals surface area contributed by atoms with E-state index in [4.69, 9.17) is 4.74 Å². The molecule has 2 amide bonds. The van der Waals surface area contributed by atoms with Gasteiger partial charge in [-0.15, -0.1) is 0 Å². The van der Waals surface area contributed by atoms with Crippen LogP contribution in [0.15, 0.2) is 78.5 Å². The van der Waals surface area contributed by atoms with Gasteiger partial charge in [-0.25, -0.2) is 0 Å². The van der Waals surface area contributed by atoms with Gasteiger partial charge in [-0.2, -0.15) is 0 Å². The van der Waals surface area contributed by atoms with E-state index >= 15 is 0 Å². The van der Waals surface area contributed by atoms with E-state index < -0.39 is 5.91 Å². The van der Waals surface area contributed by atoms with E-state index in [1.54, 1.807) is 43.5 Å². The fourth-order valence-corrected chi connectivity index (χ4v) is 2.93. The lowest BCUT2D eigenvalue weighted by Gasteiger charge is -2.12. The van der Waals surface area contributed by atoms with Crippen molar-refractivity contribution in [3.05, 3.63) is 101 Å². The zero-order chi connectivity index (χ0) is 21.5. The summed E-state index contributed by atoms with van der Waals surface area (Å²) >= 11 is 0. The summed E-state index contributed by atoms with van der Waals surface area (Å²) in [6.07, 6.45) is 1.64. The van der Waals surface area contributed by atoms with Crippen molar-refractivity contribution in [2.45, 2.75) is 13.8 Å². The van der Waals surface area contributed by atoms with E-state index in [1.165, 1.54) is 0 Å². The van der Waals surface area contributed by atoms with Gasteiger partial charge >= 0.3 is 0 Å². The minimum absolute atomic E-state index is 0.146. The van der Waals surface area contributed by atoms with Gasteiger partial charge in [0.25, 0.3) is 11.8 Å². The molecule has 0 bridgehead atoms. The van der Waals surface area contributed by atoms with Crippen LogP contribution in [0, 0.1) is 13.8 Å². The Bertz CT molecular complexity index is 1090. The van der Waals surface area contributed by atoms with Crippen LogP contribution in [0.3, 0.4) is 0 Å². The summed E-state index contributed by atoms with van der Waals surface area (Å²) < 4.78 is 5.18. The maximum absolute atomic E-state index is 13.0. The van der Waals surface area contributed by atoms with Crippen molar-refractivity contribution in [2.75, 3.05) is 12.4 Å². The molecule has 0 aliphatic heterocycles. The number of nitrogens with one attached hydrogen (secondary N) is 2. The summed E-state index contributed by atoms with van der Waals surface area (Å²) in [5, 5.41) is 5.60. The molecule has 0 aliphatic carbocycles. The quantitative estimate of drug-likeness (QED) is 0.588. The van der Waals surface area contributed by atoms with Crippen LogP contribution in [0.5, 0.6) is 5.75 Å². The van der Waals surface area contributed by atoms with Gasteiger partial charge in [0.1, 0.15) is 11.4 Å². The molecule has 0 radical (unpaired) electrons. The Labute approximate surface area is 176 Å². The summed E-state index contributed by atoms with van der Waals surface area (Å²) in [5.41, 5.74) is 4.04. The van der Waals surface area contributed by atoms with E-state index in [-0.39, 0.29) is 11.6 Å². The Morgan fingerprint density at radius 2 is 1.53 bits per heavy atom. The lowest BCUT2D eigenvalue weighted by atomic mass is 10.1. The molecule has 0 fully saturated rings. The lowest BCUT2D eigenvalue weighted by Crippen LogP contribution is -2.30. The van der Waals surface area contributed by atoms with Gasteiger partial charge in [0.05, 0.1) is 7.11 Å². The van der Waals surface area contributed by atoms with Crippen LogP contribution in [0.4, 0.5) is 5.69 Å². The van der Waals surface area contributed by atoms with Gasteiger partial charge < -0.3 is 15.4 Å². The maximum atomic E-state index is 13.0. The van der Waals surface area contributed by atoms with E-state index in [0.717, 1.165) is 16.7 Å². The smallest absolute Gasteiger partial charge is 0.272 e. The number of hydrogen-bond acceptors (Lipinski definition) is 3. The minimum atomic E-state index is -0.405. The van der Waals surface area contributed by atoms with Crippen LogP contribution in [-0.4, -0.2) is 18.9 Å². The first-order valence-corrected chi connectivity index (χ1v) is 9.56. The third kappa shape index (κ3) is 5.58. The molecule has 3 rings (SSSR count). The van der Waals surface area contributed by atoms with Gasteiger partial charge in [0.15, 0.2) is 0 Å². The third-order valence-electron chi connectivity index (χ3n) is 4.48. The minimum Gasteiger partial charge on any atom is -0.497 e. The van der Waals surface area contributed by atoms with Crippen molar-refractivity contribution in [1.29, 1.82) is 0 Å². The van der Waals surface area contributed by atoms with Crippen LogP contribution in [-0.2, 0) is 4.79 Å². The summed E-state index contributed by atoms with van der Waals surface area (Å²) in [4.78, 5) is 25.7. The molecule has 3 aromatic carbocycles. The van der Waals surface area contributed by atoms with Crippen molar-refractivity contribution in [1.82, 2.24) is 5.32 Å². The number of methoxy groups -OCH3 is 1. The Balaban J connectivity index is 1.89. The summed E-state index contributed by atoms with van der Waals surface area (Å²) in [6, 6.07) is 21.9. The van der Waals surface area contributed by atoms with Crippen molar-refractivity contribution in [3.8, 4) is 5.75 Å². The van der Waals surface area contributed by atoms with Crippen molar-refractivity contribution >= 4 is 23.6 Å². The number of carbonyl (C=O) groups is 2. The van der Waals surface area contributed by atoms with Crippen molar-refractivity contribution < 1.29 is 14.3 Å². The second-order valence-corrected chi connectivity index (χ2v) is 6.98. The highest BCUT2D eigenvalue weighted by Gasteiger charge is 2.15. The highest BCUT2D eigenvalue weighted by Crippen LogP contribution is 2.16. The second kappa shape index (κ2) is 9.56. The van der Waals surface area contributed by atoms with E-state index in [1.807, 2.05) is 56.3 Å². The molecular formula is C25H24N2O3. The maximum Gasteiger partial charge on any atom is 0.272 e. The fourth-order valence-electron chi connectivity index (χ4n) is 2.93. The van der Waals surface area contributed by atoms with Gasteiger partial charge in [-0.3, -0.25) is 9.59 Å². The predicted molar refractivity (Wildman–Crippen MR) is 119 cm³/mol. The Kier molecular flexibility index (Phi) is 6.65. The molecule has 0 aromatic heterocycles. The number of amides is 2. The standard InChI is InChI=1S/C25H24N2O3/c1-17-6-4-8-20(14-17)24(28)27-23(16-19-10-12-22(30-3)13-11-19)25(29)26-21-9-5-7-18(2)15-21/h4-16H,1-3H3,(H,26,29)(H,27,28). The molecule has 30 heavy (non-hydrogen) atoms. The lowest BCUT2D eigenvalue weighted by molar-refractivity contribution is -0.113. The molecule has 2 N–H and O–H groups in total.